The second-order valence-corrected chi connectivity index (χ2v) is 4.23. The van der Waals surface area contributed by atoms with E-state index in [0.29, 0.717) is 22.9 Å². The maximum absolute atomic E-state index is 9.86. The molecule has 0 fully saturated rings. The molecule has 84 valence electrons. The first-order valence-electron chi connectivity index (χ1n) is 4.73. The third-order valence-electron chi connectivity index (χ3n) is 2.27. The van der Waals surface area contributed by atoms with Gasteiger partial charge in [0, 0.05) is 10.6 Å². The van der Waals surface area contributed by atoms with Gasteiger partial charge in [0.2, 0.25) is 0 Å². The standard InChI is InChI=1S/C11H15ClO2S/c1-7-5-11(14-2)8(6-9(7)12)10(13)3-4-15/h5-6,10,13,15H,3-4H2,1-2H3. The van der Waals surface area contributed by atoms with Crippen LogP contribution in [0.2, 0.25) is 5.02 Å². The van der Waals surface area contributed by atoms with Crippen LogP contribution in [-0.4, -0.2) is 18.0 Å². The quantitative estimate of drug-likeness (QED) is 0.800. The van der Waals surface area contributed by atoms with Gasteiger partial charge in [-0.25, -0.2) is 0 Å². The minimum atomic E-state index is -0.574. The summed E-state index contributed by atoms with van der Waals surface area (Å²) in [5, 5.41) is 10.5. The van der Waals surface area contributed by atoms with Gasteiger partial charge in [-0.3, -0.25) is 0 Å². The van der Waals surface area contributed by atoms with Crippen LogP contribution in [-0.2, 0) is 0 Å². The fourth-order valence-corrected chi connectivity index (χ4v) is 1.80. The van der Waals surface area contributed by atoms with Crippen LogP contribution in [0.4, 0.5) is 0 Å². The van der Waals surface area contributed by atoms with Crippen molar-refractivity contribution in [1.29, 1.82) is 0 Å². The number of halogens is 1. The molecule has 0 aromatic heterocycles. The van der Waals surface area contributed by atoms with Gasteiger partial charge >= 0.3 is 0 Å². The highest BCUT2D eigenvalue weighted by molar-refractivity contribution is 7.80. The third kappa shape index (κ3) is 3.03. The number of methoxy groups -OCH3 is 1. The SMILES string of the molecule is COc1cc(C)c(Cl)cc1C(O)CCS. The molecule has 1 aromatic rings. The van der Waals surface area contributed by atoms with Gasteiger partial charge in [-0.1, -0.05) is 11.6 Å². The fraction of sp³-hybridized carbons (Fsp3) is 0.455. The number of ether oxygens (including phenoxy) is 1. The minimum absolute atomic E-state index is 0.574. The van der Waals surface area contributed by atoms with E-state index in [1.54, 1.807) is 13.2 Å². The average molecular weight is 247 g/mol. The van der Waals surface area contributed by atoms with Crippen molar-refractivity contribution >= 4 is 24.2 Å². The molecule has 1 aromatic carbocycles. The van der Waals surface area contributed by atoms with E-state index in [0.717, 1.165) is 11.1 Å². The van der Waals surface area contributed by atoms with Gasteiger partial charge in [-0.05, 0) is 36.8 Å². The molecule has 4 heteroatoms. The predicted molar refractivity (Wildman–Crippen MR) is 66.2 cm³/mol. The van der Waals surface area contributed by atoms with Crippen LogP contribution in [0.5, 0.6) is 5.75 Å². The van der Waals surface area contributed by atoms with E-state index in [2.05, 4.69) is 12.6 Å². The summed E-state index contributed by atoms with van der Waals surface area (Å²) in [4.78, 5) is 0. The normalized spacial score (nSPS) is 12.6. The summed E-state index contributed by atoms with van der Waals surface area (Å²) < 4.78 is 5.21. The Kier molecular flexibility index (Phi) is 4.77. The molecule has 2 nitrogen and oxygen atoms in total. The number of rotatable bonds is 4. The molecule has 0 aliphatic rings. The van der Waals surface area contributed by atoms with E-state index in [4.69, 9.17) is 16.3 Å². The predicted octanol–water partition coefficient (Wildman–Crippen LogP) is 3.01. The molecule has 0 bridgehead atoms. The number of aryl methyl sites for hydroxylation is 1. The van der Waals surface area contributed by atoms with Crippen LogP contribution >= 0.6 is 24.2 Å². The van der Waals surface area contributed by atoms with E-state index in [-0.39, 0.29) is 0 Å². The number of hydrogen-bond donors (Lipinski definition) is 2. The summed E-state index contributed by atoms with van der Waals surface area (Å²) >= 11 is 10.1. The van der Waals surface area contributed by atoms with E-state index in [9.17, 15) is 5.11 Å². The molecular formula is C11H15ClO2S. The molecular weight excluding hydrogens is 232 g/mol. The Balaban J connectivity index is 3.09. The molecule has 0 aliphatic carbocycles. The molecule has 1 unspecified atom stereocenters. The maximum Gasteiger partial charge on any atom is 0.125 e. The summed E-state index contributed by atoms with van der Waals surface area (Å²) in [7, 11) is 1.58. The van der Waals surface area contributed by atoms with Crippen LogP contribution in [0.3, 0.4) is 0 Å². The molecule has 0 radical (unpaired) electrons. The summed E-state index contributed by atoms with van der Waals surface area (Å²) in [6.45, 7) is 1.90. The zero-order chi connectivity index (χ0) is 11.4. The summed E-state index contributed by atoms with van der Waals surface area (Å²) in [5.41, 5.74) is 1.66. The largest absolute Gasteiger partial charge is 0.496 e. The van der Waals surface area contributed by atoms with Crippen molar-refractivity contribution in [3.05, 3.63) is 28.3 Å². The Labute approximate surface area is 101 Å². The second kappa shape index (κ2) is 5.64. The average Bonchev–Trinajstić information content (AvgIpc) is 2.21. The summed E-state index contributed by atoms with van der Waals surface area (Å²) in [6.07, 6.45) is 0.00864. The fourth-order valence-electron chi connectivity index (χ4n) is 1.39. The lowest BCUT2D eigenvalue weighted by Gasteiger charge is -2.15. The van der Waals surface area contributed by atoms with Crippen molar-refractivity contribution in [3.63, 3.8) is 0 Å². The van der Waals surface area contributed by atoms with E-state index < -0.39 is 6.10 Å². The van der Waals surface area contributed by atoms with Crippen LogP contribution in [0, 0.1) is 6.92 Å². The van der Waals surface area contributed by atoms with Crippen molar-refractivity contribution in [3.8, 4) is 5.75 Å². The Bertz CT molecular complexity index is 342. The number of thiol groups is 1. The van der Waals surface area contributed by atoms with Gasteiger partial charge in [0.05, 0.1) is 13.2 Å². The molecule has 0 saturated carbocycles. The summed E-state index contributed by atoms with van der Waals surface area (Å²) in [5.74, 6) is 1.29. The first kappa shape index (κ1) is 12.7. The molecule has 0 saturated heterocycles. The first-order valence-corrected chi connectivity index (χ1v) is 5.74. The number of aliphatic hydroxyl groups is 1. The molecule has 0 spiro atoms. The van der Waals surface area contributed by atoms with Crippen LogP contribution in [0.25, 0.3) is 0 Å². The number of hydrogen-bond acceptors (Lipinski definition) is 3. The highest BCUT2D eigenvalue weighted by Gasteiger charge is 2.14. The topological polar surface area (TPSA) is 29.5 Å². The van der Waals surface area contributed by atoms with E-state index in [1.807, 2.05) is 13.0 Å². The summed E-state index contributed by atoms with van der Waals surface area (Å²) in [6, 6.07) is 3.59. The van der Waals surface area contributed by atoms with Crippen molar-refractivity contribution in [1.82, 2.24) is 0 Å². The third-order valence-corrected chi connectivity index (χ3v) is 2.94. The number of aliphatic hydroxyl groups excluding tert-OH is 1. The molecule has 1 N–H and O–H groups in total. The van der Waals surface area contributed by atoms with Gasteiger partial charge < -0.3 is 9.84 Å². The van der Waals surface area contributed by atoms with Crippen LogP contribution in [0.1, 0.15) is 23.7 Å². The first-order chi connectivity index (χ1) is 7.10. The van der Waals surface area contributed by atoms with Crippen LogP contribution in [0.15, 0.2) is 12.1 Å². The Morgan fingerprint density at radius 2 is 2.20 bits per heavy atom. The molecule has 0 heterocycles. The lowest BCUT2D eigenvalue weighted by Crippen LogP contribution is -2.02. The molecule has 1 rings (SSSR count). The van der Waals surface area contributed by atoms with Crippen molar-refractivity contribution in [2.45, 2.75) is 19.4 Å². The van der Waals surface area contributed by atoms with Gasteiger partial charge in [0.1, 0.15) is 5.75 Å². The molecule has 0 amide bonds. The van der Waals surface area contributed by atoms with E-state index >= 15 is 0 Å². The zero-order valence-corrected chi connectivity index (χ0v) is 10.5. The lowest BCUT2D eigenvalue weighted by atomic mass is 10.0. The van der Waals surface area contributed by atoms with Gasteiger partial charge in [-0.2, -0.15) is 12.6 Å². The van der Waals surface area contributed by atoms with Crippen molar-refractivity contribution in [2.24, 2.45) is 0 Å². The molecule has 1 atom stereocenters. The minimum Gasteiger partial charge on any atom is -0.496 e. The second-order valence-electron chi connectivity index (χ2n) is 3.37. The zero-order valence-electron chi connectivity index (χ0n) is 8.83. The maximum atomic E-state index is 9.86. The Morgan fingerprint density at radius 1 is 1.53 bits per heavy atom. The Hall–Kier alpha value is -0.380. The smallest absolute Gasteiger partial charge is 0.125 e. The highest BCUT2D eigenvalue weighted by Crippen LogP contribution is 2.32. The lowest BCUT2D eigenvalue weighted by molar-refractivity contribution is 0.171. The van der Waals surface area contributed by atoms with Crippen LogP contribution < -0.4 is 4.74 Å². The van der Waals surface area contributed by atoms with E-state index in [1.165, 1.54) is 0 Å². The van der Waals surface area contributed by atoms with Crippen molar-refractivity contribution < 1.29 is 9.84 Å². The van der Waals surface area contributed by atoms with Gasteiger partial charge in [0.25, 0.3) is 0 Å². The monoisotopic (exact) mass is 246 g/mol. The number of benzene rings is 1. The van der Waals surface area contributed by atoms with Gasteiger partial charge in [0.15, 0.2) is 0 Å². The molecule has 0 aliphatic heterocycles. The van der Waals surface area contributed by atoms with Crippen molar-refractivity contribution in [2.75, 3.05) is 12.9 Å². The molecule has 15 heavy (non-hydrogen) atoms. The highest BCUT2D eigenvalue weighted by atomic mass is 35.5. The Morgan fingerprint density at radius 3 is 2.73 bits per heavy atom. The van der Waals surface area contributed by atoms with Gasteiger partial charge in [-0.15, -0.1) is 0 Å².